The van der Waals surface area contributed by atoms with Crippen molar-refractivity contribution in [2.24, 2.45) is 4.99 Å². The van der Waals surface area contributed by atoms with Gasteiger partial charge in [-0.15, -0.1) is 24.0 Å². The molecule has 1 saturated heterocycles. The lowest BCUT2D eigenvalue weighted by Gasteiger charge is -2.34. The van der Waals surface area contributed by atoms with Crippen LogP contribution in [0.2, 0.25) is 0 Å². The summed E-state index contributed by atoms with van der Waals surface area (Å²) in [6, 6.07) is 7.78. The molecule has 1 aromatic carbocycles. The summed E-state index contributed by atoms with van der Waals surface area (Å²) < 4.78 is 0. The van der Waals surface area contributed by atoms with Gasteiger partial charge in [0, 0.05) is 56.3 Å². The molecule has 158 valence electrons. The SMILES string of the molecule is CCC1CN(C(=NC)NCc2cccc(C(=O)NCCN(C)C)c2)CCS1.I. The minimum absolute atomic E-state index is 0. The molecule has 1 amide bonds. The van der Waals surface area contributed by atoms with Crippen molar-refractivity contribution in [1.29, 1.82) is 0 Å². The van der Waals surface area contributed by atoms with Gasteiger partial charge in [-0.05, 0) is 38.2 Å². The van der Waals surface area contributed by atoms with Crippen molar-refractivity contribution < 1.29 is 4.79 Å². The molecule has 1 unspecified atom stereocenters. The molecular weight excluding hydrogens is 485 g/mol. The molecule has 8 heteroatoms. The van der Waals surface area contributed by atoms with Gasteiger partial charge >= 0.3 is 0 Å². The summed E-state index contributed by atoms with van der Waals surface area (Å²) in [4.78, 5) is 21.1. The van der Waals surface area contributed by atoms with Crippen molar-refractivity contribution in [2.75, 3.05) is 53.1 Å². The molecule has 28 heavy (non-hydrogen) atoms. The standard InChI is InChI=1S/C20H33N5OS.HI/c1-5-18-15-25(11-12-27-18)20(21-2)23-14-16-7-6-8-17(13-16)19(26)22-9-10-24(3)4;/h6-8,13,18H,5,9-12,14-15H2,1-4H3,(H,21,23)(H,22,26);1H. The number of amides is 1. The number of nitrogens with zero attached hydrogens (tertiary/aromatic N) is 3. The van der Waals surface area contributed by atoms with Crippen LogP contribution in [0.3, 0.4) is 0 Å². The average Bonchev–Trinajstić information content (AvgIpc) is 2.68. The number of guanidine groups is 1. The predicted molar refractivity (Wildman–Crippen MR) is 131 cm³/mol. The zero-order chi connectivity index (χ0) is 19.6. The van der Waals surface area contributed by atoms with E-state index < -0.39 is 0 Å². The third-order valence-electron chi connectivity index (χ3n) is 4.59. The molecule has 1 aliphatic rings. The lowest BCUT2D eigenvalue weighted by atomic mass is 10.1. The number of hydrogen-bond donors (Lipinski definition) is 2. The van der Waals surface area contributed by atoms with Crippen LogP contribution < -0.4 is 10.6 Å². The number of nitrogens with one attached hydrogen (secondary N) is 2. The summed E-state index contributed by atoms with van der Waals surface area (Å²) in [6.45, 7) is 6.44. The molecule has 1 atom stereocenters. The first-order valence-corrected chi connectivity index (χ1v) is 10.7. The van der Waals surface area contributed by atoms with Gasteiger partial charge in [0.25, 0.3) is 5.91 Å². The van der Waals surface area contributed by atoms with Crippen molar-refractivity contribution in [3.8, 4) is 0 Å². The predicted octanol–water partition coefficient (Wildman–Crippen LogP) is 2.50. The molecule has 1 aromatic rings. The molecule has 0 spiro atoms. The van der Waals surface area contributed by atoms with Crippen LogP contribution in [0.1, 0.15) is 29.3 Å². The van der Waals surface area contributed by atoms with Gasteiger partial charge in [-0.1, -0.05) is 19.1 Å². The summed E-state index contributed by atoms with van der Waals surface area (Å²) in [6.07, 6.45) is 1.18. The van der Waals surface area contributed by atoms with Crippen LogP contribution in [0.5, 0.6) is 0 Å². The van der Waals surface area contributed by atoms with E-state index in [9.17, 15) is 4.79 Å². The van der Waals surface area contributed by atoms with Gasteiger partial charge in [-0.2, -0.15) is 11.8 Å². The minimum Gasteiger partial charge on any atom is -0.352 e. The molecule has 2 N–H and O–H groups in total. The first-order chi connectivity index (χ1) is 13.0. The molecule has 0 bridgehead atoms. The second-order valence-corrected chi connectivity index (χ2v) is 8.42. The van der Waals surface area contributed by atoms with Gasteiger partial charge in [0.1, 0.15) is 0 Å². The molecule has 1 fully saturated rings. The Morgan fingerprint density at radius 3 is 2.82 bits per heavy atom. The maximum atomic E-state index is 12.3. The summed E-state index contributed by atoms with van der Waals surface area (Å²) >= 11 is 2.05. The van der Waals surface area contributed by atoms with Crippen LogP contribution in [-0.4, -0.2) is 80.0 Å². The van der Waals surface area contributed by atoms with Crippen LogP contribution in [0, 0.1) is 0 Å². The van der Waals surface area contributed by atoms with E-state index in [2.05, 4.69) is 44.1 Å². The fourth-order valence-electron chi connectivity index (χ4n) is 2.99. The highest BCUT2D eigenvalue weighted by molar-refractivity contribution is 14.0. The highest BCUT2D eigenvalue weighted by Gasteiger charge is 2.21. The van der Waals surface area contributed by atoms with Gasteiger partial charge in [0.05, 0.1) is 0 Å². The number of thioether (sulfide) groups is 1. The number of hydrogen-bond acceptors (Lipinski definition) is 4. The summed E-state index contributed by atoms with van der Waals surface area (Å²) in [5, 5.41) is 7.09. The van der Waals surface area contributed by atoms with Crippen molar-refractivity contribution in [2.45, 2.75) is 25.1 Å². The minimum atomic E-state index is -0.0260. The van der Waals surface area contributed by atoms with Crippen LogP contribution in [-0.2, 0) is 6.54 Å². The first-order valence-electron chi connectivity index (χ1n) is 9.62. The number of carbonyl (C=O) groups excluding carboxylic acids is 1. The van der Waals surface area contributed by atoms with Crippen LogP contribution in [0.4, 0.5) is 0 Å². The Bertz CT molecular complexity index is 641. The molecule has 1 heterocycles. The highest BCUT2D eigenvalue weighted by atomic mass is 127. The van der Waals surface area contributed by atoms with Gasteiger partial charge in [-0.25, -0.2) is 0 Å². The highest BCUT2D eigenvalue weighted by Crippen LogP contribution is 2.21. The number of benzene rings is 1. The first kappa shape index (κ1) is 25.0. The second-order valence-electron chi connectivity index (χ2n) is 7.01. The summed E-state index contributed by atoms with van der Waals surface area (Å²) in [7, 11) is 5.82. The second kappa shape index (κ2) is 13.3. The van der Waals surface area contributed by atoms with Crippen LogP contribution >= 0.6 is 35.7 Å². The number of halogens is 1. The fourth-order valence-corrected chi connectivity index (χ4v) is 4.17. The quantitative estimate of drug-likeness (QED) is 0.330. The van der Waals surface area contributed by atoms with E-state index in [1.165, 1.54) is 6.42 Å². The van der Waals surface area contributed by atoms with Crippen molar-refractivity contribution in [3.63, 3.8) is 0 Å². The third kappa shape index (κ3) is 8.16. The average molecular weight is 519 g/mol. The van der Waals surface area contributed by atoms with E-state index in [1.807, 2.05) is 45.4 Å². The zero-order valence-corrected chi connectivity index (χ0v) is 20.5. The molecule has 6 nitrogen and oxygen atoms in total. The molecule has 0 aliphatic carbocycles. The van der Waals surface area contributed by atoms with Gasteiger partial charge in [-0.3, -0.25) is 9.79 Å². The Morgan fingerprint density at radius 1 is 1.36 bits per heavy atom. The molecule has 2 rings (SSSR count). The Labute approximate surface area is 190 Å². The zero-order valence-electron chi connectivity index (χ0n) is 17.4. The van der Waals surface area contributed by atoms with E-state index in [0.717, 1.165) is 36.9 Å². The number of carbonyl (C=O) groups is 1. The van der Waals surface area contributed by atoms with E-state index in [-0.39, 0.29) is 29.9 Å². The molecule has 0 radical (unpaired) electrons. The van der Waals surface area contributed by atoms with E-state index >= 15 is 0 Å². The summed E-state index contributed by atoms with van der Waals surface area (Å²) in [5.41, 5.74) is 1.78. The molecule has 0 aromatic heterocycles. The molecule has 0 saturated carbocycles. The van der Waals surface area contributed by atoms with Crippen LogP contribution in [0.25, 0.3) is 0 Å². The van der Waals surface area contributed by atoms with Gasteiger partial charge in [0.2, 0.25) is 0 Å². The Kier molecular flexibility index (Phi) is 11.9. The normalized spacial score (nSPS) is 17.2. The fraction of sp³-hybridized carbons (Fsp3) is 0.600. The van der Waals surface area contributed by atoms with Gasteiger partial charge in [0.15, 0.2) is 5.96 Å². The number of aliphatic imine (C=N–C) groups is 1. The molecular formula is C20H34IN5OS. The molecule has 1 aliphatic heterocycles. The smallest absolute Gasteiger partial charge is 0.251 e. The Morgan fingerprint density at radius 2 is 2.14 bits per heavy atom. The Hall–Kier alpha value is -1.000. The topological polar surface area (TPSA) is 60.0 Å². The lowest BCUT2D eigenvalue weighted by molar-refractivity contribution is 0.0951. The lowest BCUT2D eigenvalue weighted by Crippen LogP contribution is -2.47. The van der Waals surface area contributed by atoms with Crippen molar-refractivity contribution >= 4 is 47.6 Å². The number of rotatable bonds is 7. The number of likely N-dealkylation sites (N-methyl/N-ethyl adjacent to an activating group) is 1. The van der Waals surface area contributed by atoms with E-state index in [1.54, 1.807) is 0 Å². The van der Waals surface area contributed by atoms with Crippen molar-refractivity contribution in [3.05, 3.63) is 35.4 Å². The maximum Gasteiger partial charge on any atom is 0.251 e. The van der Waals surface area contributed by atoms with Crippen molar-refractivity contribution in [1.82, 2.24) is 20.4 Å². The monoisotopic (exact) mass is 519 g/mol. The van der Waals surface area contributed by atoms with E-state index in [4.69, 9.17) is 0 Å². The Balaban J connectivity index is 0.00000392. The van der Waals surface area contributed by atoms with E-state index in [0.29, 0.717) is 23.9 Å². The third-order valence-corrected chi connectivity index (χ3v) is 5.96. The van der Waals surface area contributed by atoms with Crippen LogP contribution in [0.15, 0.2) is 29.3 Å². The maximum absolute atomic E-state index is 12.3. The largest absolute Gasteiger partial charge is 0.352 e. The summed E-state index contributed by atoms with van der Waals surface area (Å²) in [5.74, 6) is 2.05. The van der Waals surface area contributed by atoms with Gasteiger partial charge < -0.3 is 20.4 Å².